The average Bonchev–Trinajstić information content (AvgIpc) is 2.40. The van der Waals surface area contributed by atoms with Gasteiger partial charge in [-0.25, -0.2) is 9.59 Å². The lowest BCUT2D eigenvalue weighted by molar-refractivity contribution is -0.159. The third kappa shape index (κ3) is 8.76. The number of carboxylic acids is 2. The number of carboxylic acid groups (broad SMARTS) is 2. The molecular weight excluding hydrogens is 250 g/mol. The molecule has 0 aromatic heterocycles. The minimum atomic E-state index is -1.82. The first-order valence-electron chi connectivity index (χ1n) is 5.81. The third-order valence-electron chi connectivity index (χ3n) is 2.29. The van der Waals surface area contributed by atoms with Crippen molar-refractivity contribution in [3.05, 3.63) is 35.9 Å². The first-order chi connectivity index (χ1) is 8.99. The molecule has 0 aliphatic heterocycles. The quantitative estimate of drug-likeness (QED) is 0.459. The van der Waals surface area contributed by atoms with Crippen LogP contribution in [0.1, 0.15) is 18.4 Å². The van der Waals surface area contributed by atoms with Gasteiger partial charge in [0.1, 0.15) is 0 Å². The van der Waals surface area contributed by atoms with E-state index in [-0.39, 0.29) is 6.61 Å². The van der Waals surface area contributed by atoms with E-state index in [0.717, 1.165) is 6.54 Å². The Hall–Kier alpha value is -1.92. The summed E-state index contributed by atoms with van der Waals surface area (Å²) in [7, 11) is 0. The van der Waals surface area contributed by atoms with Crippen LogP contribution in [0.15, 0.2) is 30.3 Å². The van der Waals surface area contributed by atoms with Gasteiger partial charge in [0.25, 0.3) is 0 Å². The van der Waals surface area contributed by atoms with Crippen molar-refractivity contribution in [1.29, 1.82) is 0 Å². The van der Waals surface area contributed by atoms with E-state index in [0.29, 0.717) is 12.5 Å². The molecule has 0 spiro atoms. The Bertz CT molecular complexity index is 368. The Labute approximate surface area is 111 Å². The third-order valence-corrected chi connectivity index (χ3v) is 2.29. The molecule has 0 aliphatic rings. The molecule has 106 valence electrons. The lowest BCUT2D eigenvalue weighted by atomic mass is 10.0. The molecule has 1 unspecified atom stereocenters. The van der Waals surface area contributed by atoms with Gasteiger partial charge in [-0.2, -0.15) is 0 Å². The monoisotopic (exact) mass is 269 g/mol. The van der Waals surface area contributed by atoms with Gasteiger partial charge in [0, 0.05) is 13.1 Å². The summed E-state index contributed by atoms with van der Waals surface area (Å²) in [6, 6.07) is 10.4. The molecule has 6 nitrogen and oxygen atoms in total. The predicted octanol–water partition coefficient (Wildman–Crippen LogP) is 0.528. The highest BCUT2D eigenvalue weighted by molar-refractivity contribution is 6.27. The summed E-state index contributed by atoms with van der Waals surface area (Å²) < 4.78 is 0. The van der Waals surface area contributed by atoms with Gasteiger partial charge in [0.05, 0.1) is 6.61 Å². The van der Waals surface area contributed by atoms with Crippen LogP contribution in [-0.2, 0) is 9.59 Å². The van der Waals surface area contributed by atoms with E-state index in [2.05, 4.69) is 36.5 Å². The number of aliphatic hydroxyl groups excluding tert-OH is 1. The van der Waals surface area contributed by atoms with Gasteiger partial charge < -0.3 is 20.6 Å². The van der Waals surface area contributed by atoms with Crippen molar-refractivity contribution in [2.45, 2.75) is 12.8 Å². The summed E-state index contributed by atoms with van der Waals surface area (Å²) in [5, 5.41) is 26.6. The van der Waals surface area contributed by atoms with Crippen molar-refractivity contribution >= 4 is 11.9 Å². The molecule has 0 heterocycles. The summed E-state index contributed by atoms with van der Waals surface area (Å²) >= 11 is 0. The summed E-state index contributed by atoms with van der Waals surface area (Å²) in [4.78, 5) is 18.2. The zero-order valence-electron chi connectivity index (χ0n) is 10.7. The van der Waals surface area contributed by atoms with E-state index in [1.807, 2.05) is 6.07 Å². The SMILES string of the molecule is CC(CNCCO)c1ccccc1.O=C(O)C(=O)O. The van der Waals surface area contributed by atoms with Crippen molar-refractivity contribution in [3.8, 4) is 0 Å². The van der Waals surface area contributed by atoms with Gasteiger partial charge in [-0.05, 0) is 11.5 Å². The second kappa shape index (κ2) is 10.0. The second-order valence-corrected chi connectivity index (χ2v) is 3.85. The Balaban J connectivity index is 0.000000459. The van der Waals surface area contributed by atoms with Crippen LogP contribution < -0.4 is 5.32 Å². The van der Waals surface area contributed by atoms with Gasteiger partial charge in [0.15, 0.2) is 0 Å². The maximum absolute atomic E-state index is 9.10. The average molecular weight is 269 g/mol. The molecule has 0 fully saturated rings. The van der Waals surface area contributed by atoms with E-state index in [1.165, 1.54) is 5.56 Å². The highest BCUT2D eigenvalue weighted by Crippen LogP contribution is 2.12. The molecule has 0 aliphatic carbocycles. The molecule has 19 heavy (non-hydrogen) atoms. The molecule has 1 aromatic rings. The van der Waals surface area contributed by atoms with Crippen LogP contribution >= 0.6 is 0 Å². The summed E-state index contributed by atoms with van der Waals surface area (Å²) in [5.74, 6) is -3.14. The van der Waals surface area contributed by atoms with E-state index < -0.39 is 11.9 Å². The summed E-state index contributed by atoms with van der Waals surface area (Å²) in [6.45, 7) is 3.99. The number of carbonyl (C=O) groups is 2. The standard InChI is InChI=1S/C11H17NO.C2H2O4/c1-10(9-12-7-8-13)11-5-3-2-4-6-11;3-1(4)2(5)6/h2-6,10,12-13H,7-9H2,1H3;(H,3,4)(H,5,6). The molecule has 0 saturated carbocycles. The topological polar surface area (TPSA) is 107 Å². The maximum Gasteiger partial charge on any atom is 0.414 e. The number of aliphatic carboxylic acids is 2. The lowest BCUT2D eigenvalue weighted by Crippen LogP contribution is -2.23. The molecule has 1 aromatic carbocycles. The van der Waals surface area contributed by atoms with E-state index in [1.54, 1.807) is 0 Å². The molecule has 0 radical (unpaired) electrons. The summed E-state index contributed by atoms with van der Waals surface area (Å²) in [6.07, 6.45) is 0. The van der Waals surface area contributed by atoms with Gasteiger partial charge in [-0.1, -0.05) is 37.3 Å². The Morgan fingerprint density at radius 1 is 1.16 bits per heavy atom. The molecule has 1 atom stereocenters. The van der Waals surface area contributed by atoms with Crippen LogP contribution in [0.3, 0.4) is 0 Å². The van der Waals surface area contributed by atoms with Gasteiger partial charge >= 0.3 is 11.9 Å². The number of benzene rings is 1. The van der Waals surface area contributed by atoms with Crippen LogP contribution in [0.4, 0.5) is 0 Å². The number of hydrogen-bond acceptors (Lipinski definition) is 4. The van der Waals surface area contributed by atoms with E-state index in [4.69, 9.17) is 24.9 Å². The smallest absolute Gasteiger partial charge is 0.414 e. The molecular formula is C13H19NO5. The largest absolute Gasteiger partial charge is 0.473 e. The molecule has 1 rings (SSSR count). The zero-order chi connectivity index (χ0) is 14.7. The molecule has 0 saturated heterocycles. The van der Waals surface area contributed by atoms with Crippen molar-refractivity contribution < 1.29 is 24.9 Å². The van der Waals surface area contributed by atoms with Crippen molar-refractivity contribution in [3.63, 3.8) is 0 Å². The fourth-order valence-corrected chi connectivity index (χ4v) is 1.30. The Morgan fingerprint density at radius 3 is 2.11 bits per heavy atom. The fraction of sp³-hybridized carbons (Fsp3) is 0.385. The van der Waals surface area contributed by atoms with Crippen molar-refractivity contribution in [2.75, 3.05) is 19.7 Å². The van der Waals surface area contributed by atoms with Crippen LogP contribution in [0.5, 0.6) is 0 Å². The van der Waals surface area contributed by atoms with Crippen molar-refractivity contribution in [2.24, 2.45) is 0 Å². The second-order valence-electron chi connectivity index (χ2n) is 3.85. The van der Waals surface area contributed by atoms with Crippen LogP contribution in [0, 0.1) is 0 Å². The molecule has 0 amide bonds. The van der Waals surface area contributed by atoms with Gasteiger partial charge in [-0.15, -0.1) is 0 Å². The van der Waals surface area contributed by atoms with Crippen LogP contribution in [-0.4, -0.2) is 47.0 Å². The highest BCUT2D eigenvalue weighted by Gasteiger charge is 2.04. The number of rotatable bonds is 5. The van der Waals surface area contributed by atoms with Gasteiger partial charge in [0.2, 0.25) is 0 Å². The fourth-order valence-electron chi connectivity index (χ4n) is 1.30. The molecule has 4 N–H and O–H groups in total. The van der Waals surface area contributed by atoms with E-state index >= 15 is 0 Å². The van der Waals surface area contributed by atoms with Gasteiger partial charge in [-0.3, -0.25) is 0 Å². The highest BCUT2D eigenvalue weighted by atomic mass is 16.4. The maximum atomic E-state index is 9.10. The summed E-state index contributed by atoms with van der Waals surface area (Å²) in [5.41, 5.74) is 1.34. The first-order valence-corrected chi connectivity index (χ1v) is 5.81. The lowest BCUT2D eigenvalue weighted by Gasteiger charge is -2.11. The normalized spacial score (nSPS) is 11.1. The minimum Gasteiger partial charge on any atom is -0.473 e. The first kappa shape index (κ1) is 17.1. The number of nitrogens with one attached hydrogen (secondary N) is 1. The van der Waals surface area contributed by atoms with Crippen LogP contribution in [0.25, 0.3) is 0 Å². The molecule has 0 bridgehead atoms. The predicted molar refractivity (Wildman–Crippen MR) is 70.1 cm³/mol. The minimum absolute atomic E-state index is 0.210. The number of hydrogen-bond donors (Lipinski definition) is 4. The van der Waals surface area contributed by atoms with Crippen LogP contribution in [0.2, 0.25) is 0 Å². The molecule has 6 heteroatoms. The zero-order valence-corrected chi connectivity index (χ0v) is 10.7. The van der Waals surface area contributed by atoms with E-state index in [9.17, 15) is 0 Å². The van der Waals surface area contributed by atoms with Crippen molar-refractivity contribution in [1.82, 2.24) is 5.32 Å². The Morgan fingerprint density at radius 2 is 1.68 bits per heavy atom. The Kier molecular flexibility index (Phi) is 9.03. The number of aliphatic hydroxyl groups is 1.